The van der Waals surface area contributed by atoms with E-state index >= 15 is 0 Å². The van der Waals surface area contributed by atoms with Crippen molar-refractivity contribution in [2.24, 2.45) is 11.7 Å². The Kier molecular flexibility index (Phi) is 3.01. The fourth-order valence-corrected chi connectivity index (χ4v) is 2.56. The molecule has 0 heterocycles. The van der Waals surface area contributed by atoms with Gasteiger partial charge in [-0.15, -0.1) is 0 Å². The Morgan fingerprint density at radius 1 is 1.40 bits per heavy atom. The Morgan fingerprint density at radius 3 is 2.67 bits per heavy atom. The van der Waals surface area contributed by atoms with Crippen LogP contribution in [0.2, 0.25) is 0 Å². The molecule has 2 aliphatic carbocycles. The van der Waals surface area contributed by atoms with Crippen LogP contribution >= 0.6 is 0 Å². The number of rotatable bonds is 3. The van der Waals surface area contributed by atoms with Crippen LogP contribution in [0.25, 0.3) is 0 Å². The number of carbonyl (C=O) groups is 1. The quantitative estimate of drug-likeness (QED) is 0.742. The second kappa shape index (κ2) is 4.12. The zero-order valence-electron chi connectivity index (χ0n) is 9.59. The number of hydrogen-bond donors (Lipinski definition) is 2. The maximum atomic E-state index is 11.8. The molecule has 0 bridgehead atoms. The molecule has 3 heteroatoms. The van der Waals surface area contributed by atoms with Gasteiger partial charge in [0.1, 0.15) is 0 Å². The minimum absolute atomic E-state index is 0.0906. The van der Waals surface area contributed by atoms with Crippen LogP contribution in [-0.4, -0.2) is 17.5 Å². The number of nitrogens with two attached hydrogens (primary N) is 1. The van der Waals surface area contributed by atoms with Crippen molar-refractivity contribution in [2.45, 2.75) is 63.5 Å². The van der Waals surface area contributed by atoms with Gasteiger partial charge in [-0.25, -0.2) is 0 Å². The number of hydrogen-bond acceptors (Lipinski definition) is 2. The average molecular weight is 210 g/mol. The van der Waals surface area contributed by atoms with E-state index in [9.17, 15) is 4.79 Å². The highest BCUT2D eigenvalue weighted by atomic mass is 16.2. The van der Waals surface area contributed by atoms with E-state index in [1.54, 1.807) is 0 Å². The topological polar surface area (TPSA) is 55.1 Å². The van der Waals surface area contributed by atoms with Gasteiger partial charge in [-0.05, 0) is 31.6 Å². The Bertz CT molecular complexity index is 248. The number of amides is 1. The van der Waals surface area contributed by atoms with Crippen molar-refractivity contribution >= 4 is 5.91 Å². The molecule has 2 atom stereocenters. The minimum Gasteiger partial charge on any atom is -0.351 e. The maximum Gasteiger partial charge on any atom is 0.240 e. The molecule has 86 valence electrons. The summed E-state index contributed by atoms with van der Waals surface area (Å²) in [7, 11) is 0. The van der Waals surface area contributed by atoms with Crippen LogP contribution in [-0.2, 0) is 4.79 Å². The minimum atomic E-state index is -0.504. The molecular weight excluding hydrogens is 188 g/mol. The van der Waals surface area contributed by atoms with Crippen molar-refractivity contribution in [1.82, 2.24) is 5.32 Å². The summed E-state index contributed by atoms with van der Waals surface area (Å²) in [5.74, 6) is 0.762. The molecule has 1 amide bonds. The third kappa shape index (κ3) is 2.33. The van der Waals surface area contributed by atoms with Crippen LogP contribution < -0.4 is 11.1 Å². The standard InChI is InChI=1S/C12H22N2O/c1-2-9-5-3-4-6-10(9)14-11(15)12(13)7-8-12/h9-10H,2-8,13H2,1H3,(H,14,15). The highest BCUT2D eigenvalue weighted by Gasteiger charge is 2.46. The summed E-state index contributed by atoms with van der Waals surface area (Å²) in [5.41, 5.74) is 5.38. The van der Waals surface area contributed by atoms with Gasteiger partial charge < -0.3 is 11.1 Å². The lowest BCUT2D eigenvalue weighted by Crippen LogP contribution is -2.50. The monoisotopic (exact) mass is 210 g/mol. The van der Waals surface area contributed by atoms with Gasteiger partial charge in [0.25, 0.3) is 0 Å². The Labute approximate surface area is 91.8 Å². The first-order chi connectivity index (χ1) is 7.15. The lowest BCUT2D eigenvalue weighted by molar-refractivity contribution is -0.124. The summed E-state index contributed by atoms with van der Waals surface area (Å²) in [4.78, 5) is 11.8. The van der Waals surface area contributed by atoms with Crippen LogP contribution in [0.1, 0.15) is 51.9 Å². The summed E-state index contributed by atoms with van der Waals surface area (Å²) < 4.78 is 0. The zero-order valence-corrected chi connectivity index (χ0v) is 9.59. The first-order valence-corrected chi connectivity index (χ1v) is 6.25. The van der Waals surface area contributed by atoms with E-state index in [2.05, 4.69) is 12.2 Å². The normalized spacial score (nSPS) is 33.5. The Hall–Kier alpha value is -0.570. The van der Waals surface area contributed by atoms with Gasteiger partial charge in [0.2, 0.25) is 5.91 Å². The molecule has 0 aromatic rings. The Morgan fingerprint density at radius 2 is 2.07 bits per heavy atom. The van der Waals surface area contributed by atoms with E-state index in [1.807, 2.05) is 0 Å². The van der Waals surface area contributed by atoms with Crippen molar-refractivity contribution < 1.29 is 4.79 Å². The zero-order chi connectivity index (χ0) is 10.9. The first-order valence-electron chi connectivity index (χ1n) is 6.25. The highest BCUT2D eigenvalue weighted by molar-refractivity contribution is 5.89. The van der Waals surface area contributed by atoms with Crippen LogP contribution in [0.4, 0.5) is 0 Å². The molecule has 0 aliphatic heterocycles. The van der Waals surface area contributed by atoms with Crippen LogP contribution in [0.5, 0.6) is 0 Å². The van der Waals surface area contributed by atoms with Gasteiger partial charge in [-0.1, -0.05) is 26.2 Å². The molecule has 0 radical (unpaired) electrons. The van der Waals surface area contributed by atoms with Crippen molar-refractivity contribution in [3.8, 4) is 0 Å². The third-order valence-electron chi connectivity index (χ3n) is 3.99. The summed E-state index contributed by atoms with van der Waals surface area (Å²) in [5, 5.41) is 3.16. The molecule has 2 saturated carbocycles. The fraction of sp³-hybridized carbons (Fsp3) is 0.917. The van der Waals surface area contributed by atoms with Gasteiger partial charge >= 0.3 is 0 Å². The van der Waals surface area contributed by atoms with Gasteiger partial charge in [0.05, 0.1) is 5.54 Å². The molecule has 2 fully saturated rings. The van der Waals surface area contributed by atoms with E-state index in [0.717, 1.165) is 19.3 Å². The van der Waals surface area contributed by atoms with Gasteiger partial charge in [0, 0.05) is 6.04 Å². The summed E-state index contributed by atoms with van der Waals surface area (Å²) >= 11 is 0. The molecule has 0 aromatic carbocycles. The molecule has 2 rings (SSSR count). The molecule has 2 aliphatic rings. The lowest BCUT2D eigenvalue weighted by atomic mass is 9.83. The van der Waals surface area contributed by atoms with Crippen molar-refractivity contribution in [3.63, 3.8) is 0 Å². The number of nitrogens with one attached hydrogen (secondary N) is 1. The van der Waals surface area contributed by atoms with Crippen molar-refractivity contribution in [1.29, 1.82) is 0 Å². The lowest BCUT2D eigenvalue weighted by Gasteiger charge is -2.32. The molecule has 0 spiro atoms. The molecule has 3 nitrogen and oxygen atoms in total. The highest BCUT2D eigenvalue weighted by Crippen LogP contribution is 2.34. The van der Waals surface area contributed by atoms with E-state index in [4.69, 9.17) is 5.73 Å². The summed E-state index contributed by atoms with van der Waals surface area (Å²) in [6.07, 6.45) is 7.87. The SMILES string of the molecule is CCC1CCCCC1NC(=O)C1(N)CC1. The van der Waals surface area contributed by atoms with Crippen LogP contribution in [0, 0.1) is 5.92 Å². The largest absolute Gasteiger partial charge is 0.351 e. The molecule has 3 N–H and O–H groups in total. The molecular formula is C12H22N2O. The van der Waals surface area contributed by atoms with E-state index < -0.39 is 5.54 Å². The number of carbonyl (C=O) groups excluding carboxylic acids is 1. The predicted molar refractivity (Wildman–Crippen MR) is 60.3 cm³/mol. The third-order valence-corrected chi connectivity index (χ3v) is 3.99. The van der Waals surface area contributed by atoms with Gasteiger partial charge in [0.15, 0.2) is 0 Å². The van der Waals surface area contributed by atoms with Gasteiger partial charge in [-0.3, -0.25) is 4.79 Å². The fourth-order valence-electron chi connectivity index (χ4n) is 2.56. The molecule has 0 saturated heterocycles. The average Bonchev–Trinajstić information content (AvgIpc) is 2.99. The molecule has 2 unspecified atom stereocenters. The van der Waals surface area contributed by atoms with E-state index in [0.29, 0.717) is 12.0 Å². The van der Waals surface area contributed by atoms with Crippen molar-refractivity contribution in [2.75, 3.05) is 0 Å². The van der Waals surface area contributed by atoms with Gasteiger partial charge in [-0.2, -0.15) is 0 Å². The van der Waals surface area contributed by atoms with Crippen molar-refractivity contribution in [3.05, 3.63) is 0 Å². The van der Waals surface area contributed by atoms with E-state index in [-0.39, 0.29) is 5.91 Å². The first kappa shape index (κ1) is 10.9. The molecule has 15 heavy (non-hydrogen) atoms. The second-order valence-corrected chi connectivity index (χ2v) is 5.19. The Balaban J connectivity index is 1.88. The smallest absolute Gasteiger partial charge is 0.240 e. The molecule has 0 aromatic heterocycles. The second-order valence-electron chi connectivity index (χ2n) is 5.19. The van der Waals surface area contributed by atoms with Crippen LogP contribution in [0.3, 0.4) is 0 Å². The summed E-state index contributed by atoms with van der Waals surface area (Å²) in [6, 6.07) is 0.386. The van der Waals surface area contributed by atoms with Crippen LogP contribution in [0.15, 0.2) is 0 Å². The summed E-state index contributed by atoms with van der Waals surface area (Å²) in [6.45, 7) is 2.21. The van der Waals surface area contributed by atoms with E-state index in [1.165, 1.54) is 25.7 Å². The maximum absolute atomic E-state index is 11.8. The predicted octanol–water partition coefficient (Wildman–Crippen LogP) is 1.56.